The molecule has 122 valence electrons. The third kappa shape index (κ3) is 3.54. The number of benzene rings is 1. The van der Waals surface area contributed by atoms with Gasteiger partial charge in [0.15, 0.2) is 11.5 Å². The maximum atomic E-state index is 10.4. The zero-order chi connectivity index (χ0) is 15.4. The summed E-state index contributed by atoms with van der Waals surface area (Å²) in [5.41, 5.74) is 0.895. The highest BCUT2D eigenvalue weighted by Gasteiger charge is 2.25. The van der Waals surface area contributed by atoms with Crippen LogP contribution in [0, 0.1) is 0 Å². The Morgan fingerprint density at radius 1 is 1.32 bits per heavy atom. The molecular weight excluding hydrogens is 282 g/mol. The maximum absolute atomic E-state index is 10.4. The molecule has 1 N–H and O–H groups in total. The molecule has 0 saturated carbocycles. The van der Waals surface area contributed by atoms with Crippen LogP contribution in [0.15, 0.2) is 18.2 Å². The Hall–Kier alpha value is -1.30. The molecule has 2 aliphatic rings. The number of ether oxygens (including phenoxy) is 3. The first kappa shape index (κ1) is 15.6. The molecule has 0 amide bonds. The van der Waals surface area contributed by atoms with Crippen LogP contribution >= 0.6 is 0 Å². The second kappa shape index (κ2) is 7.31. The van der Waals surface area contributed by atoms with E-state index in [1.54, 1.807) is 7.11 Å². The molecule has 0 spiro atoms. The minimum atomic E-state index is -0.473. The Bertz CT molecular complexity index is 494. The molecule has 2 heterocycles. The number of likely N-dealkylation sites (tertiary alicyclic amines) is 1. The van der Waals surface area contributed by atoms with Crippen molar-refractivity contribution in [3.05, 3.63) is 23.8 Å². The van der Waals surface area contributed by atoms with Crippen molar-refractivity contribution in [1.29, 1.82) is 0 Å². The number of aliphatic hydroxyl groups excluding tert-OH is 1. The molecule has 1 aromatic rings. The van der Waals surface area contributed by atoms with Gasteiger partial charge in [-0.1, -0.05) is 6.07 Å². The first-order valence-electron chi connectivity index (χ1n) is 8.08. The molecule has 1 saturated heterocycles. The van der Waals surface area contributed by atoms with Gasteiger partial charge >= 0.3 is 0 Å². The first-order valence-corrected chi connectivity index (χ1v) is 8.08. The van der Waals surface area contributed by atoms with E-state index in [1.807, 2.05) is 18.2 Å². The molecule has 1 aromatic carbocycles. The molecule has 22 heavy (non-hydrogen) atoms. The molecule has 5 heteroatoms. The quantitative estimate of drug-likeness (QED) is 0.871. The van der Waals surface area contributed by atoms with Crippen molar-refractivity contribution in [3.63, 3.8) is 0 Å². The summed E-state index contributed by atoms with van der Waals surface area (Å²) in [5.74, 6) is 1.50. The molecular formula is C17H25NO4. The molecule has 1 fully saturated rings. The van der Waals surface area contributed by atoms with E-state index in [9.17, 15) is 5.11 Å². The Morgan fingerprint density at radius 3 is 2.95 bits per heavy atom. The van der Waals surface area contributed by atoms with Crippen LogP contribution in [0.25, 0.3) is 0 Å². The summed E-state index contributed by atoms with van der Waals surface area (Å²) in [6.07, 6.45) is 2.65. The van der Waals surface area contributed by atoms with E-state index < -0.39 is 6.10 Å². The lowest BCUT2D eigenvalue weighted by Crippen LogP contribution is -2.34. The van der Waals surface area contributed by atoms with Gasteiger partial charge in [0.25, 0.3) is 0 Å². The lowest BCUT2D eigenvalue weighted by molar-refractivity contribution is 0.0956. The number of aliphatic hydroxyl groups is 1. The van der Waals surface area contributed by atoms with Crippen LogP contribution in [0.3, 0.4) is 0 Å². The number of hydrogen-bond donors (Lipinski definition) is 1. The molecule has 0 radical (unpaired) electrons. The van der Waals surface area contributed by atoms with Crippen LogP contribution in [0.4, 0.5) is 0 Å². The van der Waals surface area contributed by atoms with Gasteiger partial charge in [0.1, 0.15) is 13.2 Å². The standard InChI is InChI=1S/C17H25NO4/c1-20-12-14-3-2-7-18(14)8-6-15(19)13-4-5-16-17(11-13)22-10-9-21-16/h4-5,11,14-15,19H,2-3,6-10,12H2,1H3/t14-,15?/m0/s1. The lowest BCUT2D eigenvalue weighted by Gasteiger charge is -2.25. The highest BCUT2D eigenvalue weighted by atomic mass is 16.6. The predicted molar refractivity (Wildman–Crippen MR) is 83.5 cm³/mol. The van der Waals surface area contributed by atoms with Crippen LogP contribution < -0.4 is 9.47 Å². The highest BCUT2D eigenvalue weighted by Crippen LogP contribution is 2.33. The van der Waals surface area contributed by atoms with Gasteiger partial charge in [-0.15, -0.1) is 0 Å². The van der Waals surface area contributed by atoms with Crippen molar-refractivity contribution < 1.29 is 19.3 Å². The second-order valence-electron chi connectivity index (χ2n) is 5.99. The van der Waals surface area contributed by atoms with Crippen molar-refractivity contribution in [2.24, 2.45) is 0 Å². The number of nitrogens with zero attached hydrogens (tertiary/aromatic N) is 1. The fourth-order valence-electron chi connectivity index (χ4n) is 3.29. The van der Waals surface area contributed by atoms with Crippen LogP contribution in [0.2, 0.25) is 0 Å². The summed E-state index contributed by atoms with van der Waals surface area (Å²) in [6, 6.07) is 6.21. The summed E-state index contributed by atoms with van der Waals surface area (Å²) >= 11 is 0. The lowest BCUT2D eigenvalue weighted by atomic mass is 10.1. The van der Waals surface area contributed by atoms with E-state index in [0.717, 1.165) is 43.2 Å². The summed E-state index contributed by atoms with van der Waals surface area (Å²) < 4.78 is 16.4. The normalized spacial score (nSPS) is 22.7. The average Bonchev–Trinajstić information content (AvgIpc) is 3.00. The van der Waals surface area contributed by atoms with Gasteiger partial charge in [-0.25, -0.2) is 0 Å². The summed E-state index contributed by atoms with van der Waals surface area (Å²) in [6.45, 7) is 3.93. The minimum absolute atomic E-state index is 0.473. The van der Waals surface area contributed by atoms with Gasteiger partial charge < -0.3 is 19.3 Å². The van der Waals surface area contributed by atoms with Crippen LogP contribution in [0.5, 0.6) is 11.5 Å². The van der Waals surface area contributed by atoms with Gasteiger partial charge in [-0.3, -0.25) is 4.90 Å². The molecule has 2 aliphatic heterocycles. The van der Waals surface area contributed by atoms with Crippen molar-refractivity contribution in [2.75, 3.05) is 40.0 Å². The van der Waals surface area contributed by atoms with Gasteiger partial charge in [-0.2, -0.15) is 0 Å². The Kier molecular flexibility index (Phi) is 5.18. The second-order valence-corrected chi connectivity index (χ2v) is 5.99. The molecule has 0 bridgehead atoms. The topological polar surface area (TPSA) is 51.2 Å². The smallest absolute Gasteiger partial charge is 0.161 e. The Morgan fingerprint density at radius 2 is 2.14 bits per heavy atom. The van der Waals surface area contributed by atoms with E-state index in [1.165, 1.54) is 12.8 Å². The Labute approximate surface area is 131 Å². The summed E-state index contributed by atoms with van der Waals surface area (Å²) in [4.78, 5) is 2.42. The minimum Gasteiger partial charge on any atom is -0.486 e. The van der Waals surface area contributed by atoms with Crippen LogP contribution in [-0.2, 0) is 4.74 Å². The van der Waals surface area contributed by atoms with Gasteiger partial charge in [0, 0.05) is 19.7 Å². The molecule has 1 unspecified atom stereocenters. The largest absolute Gasteiger partial charge is 0.486 e. The van der Waals surface area contributed by atoms with Crippen LogP contribution in [-0.4, -0.2) is 56.1 Å². The Balaban J connectivity index is 1.56. The van der Waals surface area contributed by atoms with E-state index in [2.05, 4.69) is 4.90 Å². The SMILES string of the molecule is COC[C@@H]1CCCN1CCC(O)c1ccc2c(c1)OCCO2. The molecule has 0 aliphatic carbocycles. The number of fused-ring (bicyclic) bond motifs is 1. The molecule has 3 rings (SSSR count). The van der Waals surface area contributed by atoms with Gasteiger partial charge in [-0.05, 0) is 43.5 Å². The van der Waals surface area contributed by atoms with Crippen molar-refractivity contribution in [1.82, 2.24) is 4.90 Å². The third-order valence-corrected chi connectivity index (χ3v) is 4.50. The van der Waals surface area contributed by atoms with Crippen molar-refractivity contribution in [3.8, 4) is 11.5 Å². The van der Waals surface area contributed by atoms with Gasteiger partial charge in [0.05, 0.1) is 12.7 Å². The van der Waals surface area contributed by atoms with Crippen molar-refractivity contribution in [2.45, 2.75) is 31.4 Å². The van der Waals surface area contributed by atoms with Crippen LogP contribution in [0.1, 0.15) is 30.9 Å². The fourth-order valence-corrected chi connectivity index (χ4v) is 3.29. The fraction of sp³-hybridized carbons (Fsp3) is 0.647. The summed E-state index contributed by atoms with van der Waals surface area (Å²) in [5, 5.41) is 10.4. The van der Waals surface area contributed by atoms with E-state index in [-0.39, 0.29) is 0 Å². The number of hydrogen-bond acceptors (Lipinski definition) is 5. The molecule has 2 atom stereocenters. The monoisotopic (exact) mass is 307 g/mol. The van der Waals surface area contributed by atoms with Crippen molar-refractivity contribution >= 4 is 0 Å². The van der Waals surface area contributed by atoms with Gasteiger partial charge in [0.2, 0.25) is 0 Å². The summed E-state index contributed by atoms with van der Waals surface area (Å²) in [7, 11) is 1.75. The first-order chi connectivity index (χ1) is 10.8. The maximum Gasteiger partial charge on any atom is 0.161 e. The molecule has 0 aromatic heterocycles. The number of rotatable bonds is 6. The average molecular weight is 307 g/mol. The van der Waals surface area contributed by atoms with E-state index >= 15 is 0 Å². The third-order valence-electron chi connectivity index (χ3n) is 4.50. The number of methoxy groups -OCH3 is 1. The zero-order valence-electron chi connectivity index (χ0n) is 13.2. The van der Waals surface area contributed by atoms with E-state index in [4.69, 9.17) is 14.2 Å². The van der Waals surface area contributed by atoms with E-state index in [0.29, 0.717) is 19.3 Å². The molecule has 5 nitrogen and oxygen atoms in total. The zero-order valence-corrected chi connectivity index (χ0v) is 13.2. The highest BCUT2D eigenvalue weighted by molar-refractivity contribution is 5.44. The predicted octanol–water partition coefficient (Wildman–Crippen LogP) is 1.99.